The second-order valence-electron chi connectivity index (χ2n) is 5.86. The van der Waals surface area contributed by atoms with Crippen molar-refractivity contribution < 1.29 is 19.0 Å². The lowest BCUT2D eigenvalue weighted by Gasteiger charge is -2.32. The van der Waals surface area contributed by atoms with Crippen molar-refractivity contribution in [2.75, 3.05) is 27.3 Å². The Morgan fingerprint density at radius 2 is 2.00 bits per heavy atom. The first-order chi connectivity index (χ1) is 12.6. The Kier molecular flexibility index (Phi) is 5.78. The van der Waals surface area contributed by atoms with Crippen LogP contribution in [0.4, 0.5) is 0 Å². The fraction of sp³-hybridized carbons (Fsp3) is 0.389. The lowest BCUT2D eigenvalue weighted by atomic mass is 10.1. The second kappa shape index (κ2) is 8.23. The van der Waals surface area contributed by atoms with Crippen LogP contribution < -0.4 is 14.2 Å². The number of rotatable bonds is 5. The van der Waals surface area contributed by atoms with Gasteiger partial charge >= 0.3 is 6.01 Å². The molecule has 1 amide bonds. The van der Waals surface area contributed by atoms with Crippen molar-refractivity contribution in [2.45, 2.75) is 18.9 Å². The van der Waals surface area contributed by atoms with E-state index in [4.69, 9.17) is 25.8 Å². The minimum absolute atomic E-state index is 0.119. The Hall–Kier alpha value is -2.54. The first-order valence-corrected chi connectivity index (χ1v) is 8.64. The van der Waals surface area contributed by atoms with E-state index in [1.807, 2.05) is 0 Å². The van der Waals surface area contributed by atoms with E-state index in [0.717, 1.165) is 12.8 Å². The number of carbonyl (C=O) groups is 1. The SMILES string of the molecule is COc1cccc(C(=O)N2CCCC(Oc3ncc(Cl)cn3)C2)c1OC. The Bertz CT molecular complexity index is 770. The van der Waals surface area contributed by atoms with Gasteiger partial charge in [-0.15, -0.1) is 0 Å². The summed E-state index contributed by atoms with van der Waals surface area (Å²) in [4.78, 5) is 22.8. The van der Waals surface area contributed by atoms with Gasteiger partial charge in [-0.3, -0.25) is 4.79 Å². The van der Waals surface area contributed by atoms with E-state index >= 15 is 0 Å². The smallest absolute Gasteiger partial charge is 0.316 e. The molecular formula is C18H20ClN3O4. The Morgan fingerprint density at radius 1 is 1.23 bits per heavy atom. The molecule has 1 saturated heterocycles. The zero-order chi connectivity index (χ0) is 18.5. The van der Waals surface area contributed by atoms with Gasteiger partial charge in [-0.1, -0.05) is 17.7 Å². The lowest BCUT2D eigenvalue weighted by molar-refractivity contribution is 0.0512. The molecule has 1 aliphatic rings. The predicted molar refractivity (Wildman–Crippen MR) is 96.1 cm³/mol. The number of hydrogen-bond acceptors (Lipinski definition) is 6. The number of amides is 1. The van der Waals surface area contributed by atoms with Crippen molar-refractivity contribution in [2.24, 2.45) is 0 Å². The zero-order valence-corrected chi connectivity index (χ0v) is 15.4. The first-order valence-electron chi connectivity index (χ1n) is 8.27. The molecule has 2 aromatic rings. The summed E-state index contributed by atoms with van der Waals surface area (Å²) in [6.07, 6.45) is 4.44. The van der Waals surface area contributed by atoms with E-state index in [1.165, 1.54) is 19.5 Å². The highest BCUT2D eigenvalue weighted by atomic mass is 35.5. The summed E-state index contributed by atoms with van der Waals surface area (Å²) in [5.41, 5.74) is 0.468. The third kappa shape index (κ3) is 3.99. The van der Waals surface area contributed by atoms with Gasteiger partial charge in [0.1, 0.15) is 6.10 Å². The van der Waals surface area contributed by atoms with Gasteiger partial charge in [0, 0.05) is 6.54 Å². The number of carbonyl (C=O) groups excluding carboxylic acids is 1. The molecule has 3 rings (SSSR count). The molecule has 26 heavy (non-hydrogen) atoms. The molecule has 0 bridgehead atoms. The van der Waals surface area contributed by atoms with Gasteiger partial charge in [0.15, 0.2) is 11.5 Å². The van der Waals surface area contributed by atoms with E-state index in [-0.39, 0.29) is 18.0 Å². The predicted octanol–water partition coefficient (Wildman–Crippen LogP) is 2.83. The topological polar surface area (TPSA) is 73.8 Å². The molecule has 1 aliphatic heterocycles. The van der Waals surface area contributed by atoms with Crippen LogP contribution in [0.1, 0.15) is 23.2 Å². The van der Waals surface area contributed by atoms with Crippen LogP contribution in [0.5, 0.6) is 17.5 Å². The third-order valence-corrected chi connectivity index (χ3v) is 4.36. The highest BCUT2D eigenvalue weighted by Gasteiger charge is 2.28. The highest BCUT2D eigenvalue weighted by molar-refractivity contribution is 6.30. The van der Waals surface area contributed by atoms with Crippen LogP contribution in [0.2, 0.25) is 5.02 Å². The monoisotopic (exact) mass is 377 g/mol. The molecular weight excluding hydrogens is 358 g/mol. The van der Waals surface area contributed by atoms with E-state index in [0.29, 0.717) is 35.2 Å². The summed E-state index contributed by atoms with van der Waals surface area (Å²) >= 11 is 5.78. The van der Waals surface area contributed by atoms with Gasteiger partial charge in [-0.05, 0) is 25.0 Å². The van der Waals surface area contributed by atoms with Crippen molar-refractivity contribution in [3.8, 4) is 17.5 Å². The van der Waals surface area contributed by atoms with Gasteiger partial charge in [0.05, 0.1) is 43.7 Å². The minimum atomic E-state index is -0.175. The summed E-state index contributed by atoms with van der Waals surface area (Å²) in [5.74, 6) is 0.841. The van der Waals surface area contributed by atoms with Crippen LogP contribution in [0.25, 0.3) is 0 Å². The molecule has 1 aromatic heterocycles. The van der Waals surface area contributed by atoms with Crippen molar-refractivity contribution in [1.29, 1.82) is 0 Å². The van der Waals surface area contributed by atoms with Crippen molar-refractivity contribution in [1.82, 2.24) is 14.9 Å². The molecule has 138 valence electrons. The fourth-order valence-corrected chi connectivity index (χ4v) is 3.05. The number of hydrogen-bond donors (Lipinski definition) is 0. The summed E-state index contributed by atoms with van der Waals surface area (Å²) < 4.78 is 16.5. The van der Waals surface area contributed by atoms with Gasteiger partial charge in [0.25, 0.3) is 5.91 Å². The summed E-state index contributed by atoms with van der Waals surface area (Å²) in [6, 6.07) is 5.52. The maximum absolute atomic E-state index is 13.0. The number of piperidine rings is 1. The second-order valence-corrected chi connectivity index (χ2v) is 6.29. The van der Waals surface area contributed by atoms with E-state index < -0.39 is 0 Å². The van der Waals surface area contributed by atoms with Gasteiger partial charge in [-0.25, -0.2) is 9.97 Å². The van der Waals surface area contributed by atoms with Crippen LogP contribution in [0, 0.1) is 0 Å². The number of nitrogens with zero attached hydrogens (tertiary/aromatic N) is 3. The molecule has 0 saturated carbocycles. The zero-order valence-electron chi connectivity index (χ0n) is 14.6. The summed E-state index contributed by atoms with van der Waals surface area (Å²) in [7, 11) is 3.07. The number of para-hydroxylation sites is 1. The number of halogens is 1. The Labute approximate surface area is 156 Å². The quantitative estimate of drug-likeness (QED) is 0.797. The van der Waals surface area contributed by atoms with Crippen molar-refractivity contribution in [3.63, 3.8) is 0 Å². The van der Waals surface area contributed by atoms with Crippen LogP contribution >= 0.6 is 11.6 Å². The van der Waals surface area contributed by atoms with Crippen LogP contribution in [0.15, 0.2) is 30.6 Å². The van der Waals surface area contributed by atoms with Gasteiger partial charge in [0.2, 0.25) is 0 Å². The van der Waals surface area contributed by atoms with Crippen LogP contribution in [-0.4, -0.2) is 54.2 Å². The number of methoxy groups -OCH3 is 2. The van der Waals surface area contributed by atoms with Crippen molar-refractivity contribution >= 4 is 17.5 Å². The lowest BCUT2D eigenvalue weighted by Crippen LogP contribution is -2.44. The Balaban J connectivity index is 1.73. The molecule has 2 heterocycles. The molecule has 1 atom stereocenters. The summed E-state index contributed by atoms with van der Waals surface area (Å²) in [6.45, 7) is 1.10. The molecule has 0 aliphatic carbocycles. The van der Waals surface area contributed by atoms with Gasteiger partial charge < -0.3 is 19.1 Å². The Morgan fingerprint density at radius 3 is 2.69 bits per heavy atom. The number of ether oxygens (including phenoxy) is 3. The first kappa shape index (κ1) is 18.3. The van der Waals surface area contributed by atoms with E-state index in [2.05, 4.69) is 9.97 Å². The number of aromatic nitrogens is 2. The average Bonchev–Trinajstić information content (AvgIpc) is 2.68. The summed E-state index contributed by atoms with van der Waals surface area (Å²) in [5, 5.41) is 0.447. The normalized spacial score (nSPS) is 16.9. The molecule has 1 fully saturated rings. The van der Waals surface area contributed by atoms with Crippen LogP contribution in [-0.2, 0) is 0 Å². The third-order valence-electron chi connectivity index (χ3n) is 4.17. The largest absolute Gasteiger partial charge is 0.493 e. The molecule has 1 aromatic carbocycles. The average molecular weight is 378 g/mol. The molecule has 8 heteroatoms. The van der Waals surface area contributed by atoms with E-state index in [1.54, 1.807) is 30.2 Å². The maximum atomic E-state index is 13.0. The number of likely N-dealkylation sites (tertiary alicyclic amines) is 1. The van der Waals surface area contributed by atoms with Gasteiger partial charge in [-0.2, -0.15) is 0 Å². The minimum Gasteiger partial charge on any atom is -0.493 e. The van der Waals surface area contributed by atoms with E-state index in [9.17, 15) is 4.79 Å². The fourth-order valence-electron chi connectivity index (χ4n) is 2.96. The van der Waals surface area contributed by atoms with Crippen molar-refractivity contribution in [3.05, 3.63) is 41.2 Å². The maximum Gasteiger partial charge on any atom is 0.316 e. The number of benzene rings is 1. The highest BCUT2D eigenvalue weighted by Crippen LogP contribution is 2.32. The molecule has 0 spiro atoms. The molecule has 0 radical (unpaired) electrons. The molecule has 7 nitrogen and oxygen atoms in total. The van der Waals surface area contributed by atoms with Crippen LogP contribution in [0.3, 0.4) is 0 Å². The molecule has 0 N–H and O–H groups in total. The molecule has 1 unspecified atom stereocenters. The standard InChI is InChI=1S/C18H20ClN3O4/c1-24-15-7-3-6-14(16(15)25-2)17(23)22-8-4-5-13(11-22)26-18-20-9-12(19)10-21-18/h3,6-7,9-10,13H,4-5,8,11H2,1-2H3.